The van der Waals surface area contributed by atoms with Crippen LogP contribution in [0.4, 0.5) is 23.2 Å². The molecule has 3 heterocycles. The highest BCUT2D eigenvalue weighted by Gasteiger charge is 2.45. The van der Waals surface area contributed by atoms with Crippen molar-refractivity contribution < 1.29 is 27.1 Å². The van der Waals surface area contributed by atoms with Crippen molar-refractivity contribution in [3.05, 3.63) is 77.5 Å². The summed E-state index contributed by atoms with van der Waals surface area (Å²) < 4.78 is 59.5. The van der Waals surface area contributed by atoms with Crippen LogP contribution in [0.15, 0.2) is 60.8 Å². The van der Waals surface area contributed by atoms with Gasteiger partial charge in [-0.25, -0.2) is 4.39 Å². The molecule has 0 aliphatic carbocycles. The molecule has 2 fully saturated rings. The number of ether oxygens (including phenoxy) is 1. The number of methoxy groups -OCH3 is 1. The van der Waals surface area contributed by atoms with E-state index >= 15 is 0 Å². The maximum absolute atomic E-state index is 14.4. The number of para-hydroxylation sites is 1. The van der Waals surface area contributed by atoms with E-state index < -0.39 is 29.4 Å². The highest BCUT2D eigenvalue weighted by atomic mass is 19.4. The minimum absolute atomic E-state index is 0.0862. The minimum atomic E-state index is -4.56. The number of nitriles is 1. The Labute approximate surface area is 235 Å². The monoisotopic (exact) mass is 567 g/mol. The molecule has 0 spiro atoms. The second-order valence-corrected chi connectivity index (χ2v) is 10.3. The van der Waals surface area contributed by atoms with Crippen molar-refractivity contribution in [3.63, 3.8) is 0 Å². The molecule has 0 bridgehead atoms. The second kappa shape index (κ2) is 11.4. The summed E-state index contributed by atoms with van der Waals surface area (Å²) in [6.45, 7) is 1.07. The molecule has 2 N–H and O–H groups in total. The summed E-state index contributed by atoms with van der Waals surface area (Å²) in [7, 11) is 1.57. The van der Waals surface area contributed by atoms with Crippen LogP contribution in [0.2, 0.25) is 0 Å². The van der Waals surface area contributed by atoms with Crippen molar-refractivity contribution in [1.82, 2.24) is 15.6 Å². The minimum Gasteiger partial charge on any atom is -0.496 e. The first-order valence-corrected chi connectivity index (χ1v) is 13.3. The van der Waals surface area contributed by atoms with Crippen LogP contribution in [0.1, 0.15) is 29.5 Å². The maximum Gasteiger partial charge on any atom is 0.416 e. The van der Waals surface area contributed by atoms with E-state index in [0.717, 1.165) is 17.7 Å². The molecular weight excluding hydrogens is 538 g/mol. The summed E-state index contributed by atoms with van der Waals surface area (Å²) in [6.07, 6.45) is -3.55. The number of pyridine rings is 1. The number of halogens is 4. The van der Waals surface area contributed by atoms with Gasteiger partial charge in [0.25, 0.3) is 0 Å². The first-order valence-electron chi connectivity index (χ1n) is 13.3. The molecule has 2 aliphatic heterocycles. The first-order chi connectivity index (χ1) is 19.7. The number of anilines is 1. The lowest BCUT2D eigenvalue weighted by Crippen LogP contribution is -2.55. The van der Waals surface area contributed by atoms with E-state index in [-0.39, 0.29) is 30.9 Å². The number of alkyl halides is 4. The lowest BCUT2D eigenvalue weighted by Gasteiger charge is -2.42. The zero-order valence-electron chi connectivity index (χ0n) is 22.3. The van der Waals surface area contributed by atoms with Gasteiger partial charge in [-0.3, -0.25) is 9.78 Å². The predicted molar refractivity (Wildman–Crippen MR) is 145 cm³/mol. The van der Waals surface area contributed by atoms with Gasteiger partial charge in [0.05, 0.1) is 41.1 Å². The number of nitrogens with zero attached hydrogens (tertiary/aromatic N) is 3. The fraction of sp³-hybridized carbons (Fsp3) is 0.367. The average molecular weight is 568 g/mol. The molecule has 5 rings (SSSR count). The van der Waals surface area contributed by atoms with Crippen LogP contribution in [0.3, 0.4) is 0 Å². The SMILES string of the molecule is COc1ccccc1-c1ccc(C2(C(=O)N[C@@H]3CNC[C@@H]3F)CCN(c3ccc(C(F)(F)F)cc3C#N)CC2)cn1. The van der Waals surface area contributed by atoms with Gasteiger partial charge >= 0.3 is 6.18 Å². The van der Waals surface area contributed by atoms with Crippen LogP contribution < -0.4 is 20.3 Å². The molecule has 11 heteroatoms. The van der Waals surface area contributed by atoms with Crippen molar-refractivity contribution in [1.29, 1.82) is 5.26 Å². The summed E-state index contributed by atoms with van der Waals surface area (Å²) in [4.78, 5) is 20.3. The molecule has 7 nitrogen and oxygen atoms in total. The molecule has 2 aromatic carbocycles. The Hall–Kier alpha value is -4.17. The van der Waals surface area contributed by atoms with Gasteiger partial charge in [0.2, 0.25) is 5.91 Å². The van der Waals surface area contributed by atoms with Crippen LogP contribution >= 0.6 is 0 Å². The normalized spacial score (nSPS) is 20.3. The quantitative estimate of drug-likeness (QED) is 0.423. The molecule has 2 aliphatic rings. The average Bonchev–Trinajstić information content (AvgIpc) is 3.40. The molecule has 2 atom stereocenters. The van der Waals surface area contributed by atoms with E-state index in [1.54, 1.807) is 13.3 Å². The number of aromatic nitrogens is 1. The third-order valence-corrected chi connectivity index (χ3v) is 7.99. The lowest BCUT2D eigenvalue weighted by atomic mass is 9.72. The zero-order valence-corrected chi connectivity index (χ0v) is 22.3. The summed E-state index contributed by atoms with van der Waals surface area (Å²) in [5.41, 5.74) is 0.451. The molecule has 214 valence electrons. The highest BCUT2D eigenvalue weighted by molar-refractivity contribution is 5.89. The second-order valence-electron chi connectivity index (χ2n) is 10.3. The van der Waals surface area contributed by atoms with Gasteiger partial charge in [-0.2, -0.15) is 18.4 Å². The Bertz CT molecular complexity index is 1450. The molecule has 0 unspecified atom stereocenters. The molecule has 2 saturated heterocycles. The van der Waals surface area contributed by atoms with E-state index in [4.69, 9.17) is 4.74 Å². The van der Waals surface area contributed by atoms with E-state index in [2.05, 4.69) is 15.6 Å². The number of piperidine rings is 1. The zero-order chi connectivity index (χ0) is 29.2. The maximum atomic E-state index is 14.4. The topological polar surface area (TPSA) is 90.3 Å². The number of carbonyl (C=O) groups is 1. The van der Waals surface area contributed by atoms with Gasteiger partial charge in [-0.1, -0.05) is 18.2 Å². The molecule has 0 radical (unpaired) electrons. The third kappa shape index (κ3) is 5.57. The van der Waals surface area contributed by atoms with Crippen molar-refractivity contribution in [2.45, 2.75) is 36.6 Å². The molecule has 1 amide bonds. The number of benzene rings is 2. The van der Waals surface area contributed by atoms with Gasteiger partial charge < -0.3 is 20.3 Å². The Morgan fingerprint density at radius 3 is 2.51 bits per heavy atom. The van der Waals surface area contributed by atoms with Gasteiger partial charge in [0.1, 0.15) is 18.0 Å². The largest absolute Gasteiger partial charge is 0.496 e. The number of rotatable bonds is 6. The first kappa shape index (κ1) is 28.4. The predicted octanol–water partition coefficient (Wildman–Crippen LogP) is 4.61. The fourth-order valence-electron chi connectivity index (χ4n) is 5.64. The van der Waals surface area contributed by atoms with Gasteiger partial charge in [-0.05, 0) is 54.8 Å². The number of hydrogen-bond donors (Lipinski definition) is 2. The number of nitrogens with one attached hydrogen (secondary N) is 2. The Morgan fingerprint density at radius 2 is 1.90 bits per heavy atom. The Kier molecular flexibility index (Phi) is 7.87. The number of amides is 1. The van der Waals surface area contributed by atoms with Crippen molar-refractivity contribution in [3.8, 4) is 23.1 Å². The molecule has 0 saturated carbocycles. The van der Waals surface area contributed by atoms with E-state index in [1.807, 2.05) is 47.4 Å². The summed E-state index contributed by atoms with van der Waals surface area (Å²) in [5.74, 6) is 0.328. The van der Waals surface area contributed by atoms with E-state index in [1.165, 1.54) is 6.07 Å². The lowest BCUT2D eigenvalue weighted by molar-refractivity contribution is -0.137. The summed E-state index contributed by atoms with van der Waals surface area (Å²) >= 11 is 0. The standard InChI is InChI=1S/C30H29F4N5O2/c1-41-27-5-3-2-4-22(27)24-8-6-21(16-37-24)29(28(40)38-25-18-36-17-23(25)31)10-12-39(13-11-29)26-9-7-20(30(32,33)34)14-19(26)15-35/h2-9,14,16,23,25,36H,10-13,17-18H2,1H3,(H,38,40)/t23-,25+/m0/s1. The fourth-order valence-corrected chi connectivity index (χ4v) is 5.64. The van der Waals surface area contributed by atoms with Crippen molar-refractivity contribution in [2.75, 3.05) is 38.2 Å². The van der Waals surface area contributed by atoms with Crippen LogP contribution in [-0.4, -0.2) is 56.4 Å². The van der Waals surface area contributed by atoms with Crippen LogP contribution in [0.25, 0.3) is 11.3 Å². The van der Waals surface area contributed by atoms with Gasteiger partial charge in [0, 0.05) is 37.9 Å². The van der Waals surface area contributed by atoms with Crippen LogP contribution in [0.5, 0.6) is 5.75 Å². The Balaban J connectivity index is 1.45. The van der Waals surface area contributed by atoms with Crippen LogP contribution in [0, 0.1) is 11.3 Å². The third-order valence-electron chi connectivity index (χ3n) is 7.99. The molecule has 41 heavy (non-hydrogen) atoms. The summed E-state index contributed by atoms with van der Waals surface area (Å²) in [5, 5.41) is 15.4. The highest BCUT2D eigenvalue weighted by Crippen LogP contribution is 2.40. The van der Waals surface area contributed by atoms with Crippen LogP contribution in [-0.2, 0) is 16.4 Å². The molecule has 1 aromatic heterocycles. The van der Waals surface area contributed by atoms with Crippen molar-refractivity contribution in [2.24, 2.45) is 0 Å². The number of hydrogen-bond acceptors (Lipinski definition) is 6. The number of carbonyl (C=O) groups excluding carboxylic acids is 1. The Morgan fingerprint density at radius 1 is 1.15 bits per heavy atom. The molecule has 3 aromatic rings. The summed E-state index contributed by atoms with van der Waals surface area (Å²) in [6, 6.07) is 15.4. The van der Waals surface area contributed by atoms with E-state index in [0.29, 0.717) is 42.3 Å². The van der Waals surface area contributed by atoms with Gasteiger partial charge in [-0.15, -0.1) is 0 Å². The smallest absolute Gasteiger partial charge is 0.416 e. The van der Waals surface area contributed by atoms with Crippen molar-refractivity contribution >= 4 is 11.6 Å². The van der Waals surface area contributed by atoms with E-state index in [9.17, 15) is 27.6 Å². The van der Waals surface area contributed by atoms with Gasteiger partial charge in [0.15, 0.2) is 0 Å². The molecular formula is C30H29F4N5O2.